The number of amides is 2. The van der Waals surface area contributed by atoms with E-state index in [0.29, 0.717) is 25.0 Å². The van der Waals surface area contributed by atoms with E-state index in [1.165, 1.54) is 4.90 Å². The number of halogens is 4. The second-order valence-corrected chi connectivity index (χ2v) is 11.2. The molecule has 1 aromatic carbocycles. The number of nitrogens with zero attached hydrogens (tertiary/aromatic N) is 1. The highest BCUT2D eigenvalue weighted by atomic mass is 35.5. The Balaban J connectivity index is 1.31. The zero-order valence-electron chi connectivity index (χ0n) is 19.5. The van der Waals surface area contributed by atoms with Crippen molar-refractivity contribution in [1.82, 2.24) is 10.2 Å². The zero-order valence-corrected chi connectivity index (χ0v) is 20.3. The summed E-state index contributed by atoms with van der Waals surface area (Å²) in [5.41, 5.74) is -2.90. The van der Waals surface area contributed by atoms with Gasteiger partial charge in [-0.15, -0.1) is 0 Å². The predicted octanol–water partition coefficient (Wildman–Crippen LogP) is 4.55. The van der Waals surface area contributed by atoms with E-state index in [2.05, 4.69) is 10.6 Å². The third-order valence-corrected chi connectivity index (χ3v) is 8.59. The van der Waals surface area contributed by atoms with Crippen molar-refractivity contribution < 1.29 is 27.5 Å². The Labute approximate surface area is 206 Å². The van der Waals surface area contributed by atoms with Crippen molar-refractivity contribution in [3.05, 3.63) is 28.8 Å². The third-order valence-electron chi connectivity index (χ3n) is 8.19. The molecule has 0 radical (unpaired) electrons. The Morgan fingerprint density at radius 2 is 2.00 bits per heavy atom. The molecule has 5 fully saturated rings. The summed E-state index contributed by atoms with van der Waals surface area (Å²) in [6, 6.07) is 4.86. The van der Waals surface area contributed by atoms with Gasteiger partial charge in [-0.3, -0.25) is 19.9 Å². The molecule has 35 heavy (non-hydrogen) atoms. The van der Waals surface area contributed by atoms with Gasteiger partial charge in [0.05, 0.1) is 39.6 Å². The van der Waals surface area contributed by atoms with Crippen LogP contribution in [0.1, 0.15) is 57.9 Å². The Morgan fingerprint density at radius 1 is 1.31 bits per heavy atom. The van der Waals surface area contributed by atoms with Gasteiger partial charge in [-0.25, -0.2) is 0 Å². The molecule has 2 amide bonds. The highest BCUT2D eigenvalue weighted by molar-refractivity contribution is 6.34. The first kappa shape index (κ1) is 24.4. The van der Waals surface area contributed by atoms with E-state index in [-0.39, 0.29) is 60.4 Å². The number of nitrogens with one attached hydrogen (secondary N) is 3. The molecule has 5 aliphatic rings. The van der Waals surface area contributed by atoms with E-state index < -0.39 is 28.5 Å². The number of ether oxygens (including phenoxy) is 1. The molecule has 0 unspecified atom stereocenters. The van der Waals surface area contributed by atoms with E-state index in [0.717, 1.165) is 0 Å². The van der Waals surface area contributed by atoms with E-state index >= 15 is 0 Å². The molecule has 3 saturated carbocycles. The molecule has 11 heteroatoms. The average molecular weight is 513 g/mol. The van der Waals surface area contributed by atoms with Crippen LogP contribution in [0.3, 0.4) is 0 Å². The fraction of sp³-hybridized carbons (Fsp3) is 0.625. The maximum absolute atomic E-state index is 13.2. The number of hydrogen-bond acceptors (Lipinski definition) is 4. The van der Waals surface area contributed by atoms with Crippen LogP contribution in [-0.2, 0) is 19.9 Å². The lowest BCUT2D eigenvalue weighted by atomic mass is 9.34. The van der Waals surface area contributed by atoms with E-state index in [9.17, 15) is 22.8 Å². The van der Waals surface area contributed by atoms with Gasteiger partial charge < -0.3 is 15.4 Å². The van der Waals surface area contributed by atoms with Gasteiger partial charge in [0.2, 0.25) is 11.8 Å². The molecule has 2 heterocycles. The third kappa shape index (κ3) is 3.71. The number of carbonyl (C=O) groups is 2. The molecular formula is C24H28ClF3N4O3. The number of carbonyl (C=O) groups excluding carboxylic acids is 2. The van der Waals surface area contributed by atoms with Crippen LogP contribution in [0, 0.1) is 16.2 Å². The maximum atomic E-state index is 13.2. The lowest BCUT2D eigenvalue weighted by Crippen LogP contribution is -2.71. The number of rotatable bonds is 4. The van der Waals surface area contributed by atoms with E-state index in [4.69, 9.17) is 21.7 Å². The molecule has 2 aliphatic heterocycles. The molecule has 7 nitrogen and oxygen atoms in total. The Morgan fingerprint density at radius 3 is 2.60 bits per heavy atom. The monoisotopic (exact) mass is 512 g/mol. The molecular weight excluding hydrogens is 485 g/mol. The first-order valence-corrected chi connectivity index (χ1v) is 12.1. The topological polar surface area (TPSA) is 94.5 Å². The molecule has 3 atom stereocenters. The molecule has 190 valence electrons. The standard InChI is InChI=1S/C24H28ClF3N4O3/c1-13-8-14(6-7-35-13)32-17(33)9-21(2,31-20(32)29)15-4-3-5-16(18(15)25)30-19(34)22-10-23(11-22,12-22)24(26,27)28/h3-5,13-14H,6-12H2,1-2H3,(H2,29,31)(H,30,34)/t13-,14-,21+,22?,23?/m1/s1. The fourth-order valence-corrected chi connectivity index (χ4v) is 6.66. The van der Waals surface area contributed by atoms with Crippen molar-refractivity contribution in [3.8, 4) is 0 Å². The minimum atomic E-state index is -4.29. The lowest BCUT2D eigenvalue weighted by molar-refractivity contribution is -0.349. The molecule has 3 N–H and O–H groups in total. The van der Waals surface area contributed by atoms with Crippen LogP contribution < -0.4 is 10.6 Å². The van der Waals surface area contributed by atoms with Gasteiger partial charge in [-0.1, -0.05) is 23.7 Å². The van der Waals surface area contributed by atoms with Crippen molar-refractivity contribution in [2.24, 2.45) is 10.8 Å². The van der Waals surface area contributed by atoms with Crippen molar-refractivity contribution >= 4 is 35.1 Å². The Bertz CT molecular complexity index is 1070. The van der Waals surface area contributed by atoms with Crippen molar-refractivity contribution in [2.45, 2.75) is 76.2 Å². The summed E-state index contributed by atoms with van der Waals surface area (Å²) >= 11 is 6.65. The van der Waals surface area contributed by atoms with E-state index in [1.807, 2.05) is 6.92 Å². The van der Waals surface area contributed by atoms with Gasteiger partial charge in [0.25, 0.3) is 0 Å². The summed E-state index contributed by atoms with van der Waals surface area (Å²) in [4.78, 5) is 27.5. The quantitative estimate of drug-likeness (QED) is 0.551. The van der Waals surface area contributed by atoms with Crippen LogP contribution in [0.25, 0.3) is 0 Å². The average Bonchev–Trinajstić information content (AvgIpc) is 2.65. The molecule has 2 saturated heterocycles. The number of guanidine groups is 1. The summed E-state index contributed by atoms with van der Waals surface area (Å²) in [6.07, 6.45) is -3.53. The minimum absolute atomic E-state index is 0.00416. The van der Waals surface area contributed by atoms with E-state index in [1.54, 1.807) is 25.1 Å². The second kappa shape index (κ2) is 7.83. The lowest BCUT2D eigenvalue weighted by Gasteiger charge is -2.69. The van der Waals surface area contributed by atoms with Gasteiger partial charge in [-0.05, 0) is 57.6 Å². The van der Waals surface area contributed by atoms with Crippen LogP contribution >= 0.6 is 11.6 Å². The first-order chi connectivity index (χ1) is 16.3. The first-order valence-electron chi connectivity index (χ1n) is 11.8. The molecule has 0 spiro atoms. The van der Waals surface area contributed by atoms with Crippen LogP contribution in [0.4, 0.5) is 18.9 Å². The number of alkyl halides is 3. The summed E-state index contributed by atoms with van der Waals surface area (Å²) in [5, 5.41) is 14.6. The normalized spacial score (nSPS) is 36.7. The van der Waals surface area contributed by atoms with Gasteiger partial charge in [0, 0.05) is 12.6 Å². The number of anilines is 1. The summed E-state index contributed by atoms with van der Waals surface area (Å²) in [7, 11) is 0. The maximum Gasteiger partial charge on any atom is 0.394 e. The van der Waals surface area contributed by atoms with Crippen molar-refractivity contribution in [1.29, 1.82) is 5.41 Å². The van der Waals surface area contributed by atoms with Gasteiger partial charge >= 0.3 is 6.18 Å². The van der Waals surface area contributed by atoms with Crippen LogP contribution in [0.15, 0.2) is 18.2 Å². The van der Waals surface area contributed by atoms with Crippen LogP contribution in [0.2, 0.25) is 5.02 Å². The molecule has 2 bridgehead atoms. The minimum Gasteiger partial charge on any atom is -0.378 e. The van der Waals surface area contributed by atoms with Gasteiger partial charge in [0.15, 0.2) is 5.96 Å². The summed E-state index contributed by atoms with van der Waals surface area (Å²) in [6.45, 7) is 4.24. The second-order valence-electron chi connectivity index (χ2n) is 10.8. The summed E-state index contributed by atoms with van der Waals surface area (Å²) < 4.78 is 45.1. The highest BCUT2D eigenvalue weighted by Gasteiger charge is 2.80. The smallest absolute Gasteiger partial charge is 0.378 e. The van der Waals surface area contributed by atoms with Gasteiger partial charge in [-0.2, -0.15) is 13.2 Å². The van der Waals surface area contributed by atoms with Crippen molar-refractivity contribution in [2.75, 3.05) is 11.9 Å². The fourth-order valence-electron chi connectivity index (χ4n) is 6.27. The number of hydrogen-bond donors (Lipinski definition) is 3. The largest absolute Gasteiger partial charge is 0.394 e. The van der Waals surface area contributed by atoms with Crippen molar-refractivity contribution in [3.63, 3.8) is 0 Å². The Hall–Kier alpha value is -2.33. The van der Waals surface area contributed by atoms with Crippen LogP contribution in [0.5, 0.6) is 0 Å². The molecule has 6 rings (SSSR count). The molecule has 0 aromatic heterocycles. The SMILES string of the molecule is C[C@@H]1C[C@H](N2C(=N)N[C@](C)(c3cccc(NC(=O)C45CC(C(F)(F)F)(C4)C5)c3Cl)CC2=O)CCO1. The molecule has 1 aromatic rings. The Kier molecular flexibility index (Phi) is 5.45. The van der Waals surface area contributed by atoms with Crippen LogP contribution in [-0.4, -0.2) is 47.6 Å². The van der Waals surface area contributed by atoms with Gasteiger partial charge in [0.1, 0.15) is 0 Å². The highest BCUT2D eigenvalue weighted by Crippen LogP contribution is 2.78. The number of benzene rings is 1. The zero-order chi connectivity index (χ0) is 25.4. The summed E-state index contributed by atoms with van der Waals surface area (Å²) in [5.74, 6) is -0.681. The molecule has 3 aliphatic carbocycles. The predicted molar refractivity (Wildman–Crippen MR) is 123 cm³/mol.